The van der Waals surface area contributed by atoms with E-state index in [2.05, 4.69) is 15.9 Å². The maximum Gasteiger partial charge on any atom is 0.166 e. The zero-order valence-corrected chi connectivity index (χ0v) is 11.0. The van der Waals surface area contributed by atoms with Gasteiger partial charge < -0.3 is 0 Å². The molecule has 0 saturated heterocycles. The molecule has 2 nitrogen and oxygen atoms in total. The molecule has 2 aliphatic carbocycles. The lowest BCUT2D eigenvalue weighted by Crippen LogP contribution is -2.36. The number of hydrogen-bond acceptors (Lipinski definition) is 2. The van der Waals surface area contributed by atoms with Crippen molar-refractivity contribution >= 4 is 27.5 Å². The molecule has 0 aromatic heterocycles. The third-order valence-electron chi connectivity index (χ3n) is 3.95. The maximum absolute atomic E-state index is 12.4. The molecule has 88 valence electrons. The van der Waals surface area contributed by atoms with E-state index in [9.17, 15) is 9.59 Å². The predicted octanol–water partition coefficient (Wildman–Crippen LogP) is 3.17. The van der Waals surface area contributed by atoms with E-state index >= 15 is 0 Å². The highest BCUT2D eigenvalue weighted by Gasteiger charge is 2.39. The maximum atomic E-state index is 12.4. The minimum atomic E-state index is 0.0782. The van der Waals surface area contributed by atoms with E-state index in [4.69, 9.17) is 0 Å². The number of hydrogen-bond donors (Lipinski definition) is 0. The molecule has 1 aromatic rings. The number of ketones is 2. The summed E-state index contributed by atoms with van der Waals surface area (Å²) in [5.74, 6) is 0.886. The van der Waals surface area contributed by atoms with E-state index in [1.54, 1.807) is 0 Å². The number of benzene rings is 1. The normalized spacial score (nSPS) is 27.6. The van der Waals surface area contributed by atoms with Crippen LogP contribution in [0.15, 0.2) is 22.7 Å². The van der Waals surface area contributed by atoms with Crippen LogP contribution in [0.4, 0.5) is 0 Å². The predicted molar refractivity (Wildman–Crippen MR) is 68.0 cm³/mol. The molecule has 2 aliphatic rings. The van der Waals surface area contributed by atoms with Gasteiger partial charge in [-0.05, 0) is 36.5 Å². The van der Waals surface area contributed by atoms with Crippen molar-refractivity contribution in [1.82, 2.24) is 0 Å². The second-order valence-corrected chi connectivity index (χ2v) is 5.93. The molecule has 0 heterocycles. The molecule has 0 radical (unpaired) electrons. The fourth-order valence-corrected chi connectivity index (χ4v) is 3.45. The zero-order chi connectivity index (χ0) is 12.0. The lowest BCUT2D eigenvalue weighted by Gasteiger charge is -2.34. The Morgan fingerprint density at radius 1 is 1.18 bits per heavy atom. The van der Waals surface area contributed by atoms with Gasteiger partial charge in [0.05, 0.1) is 0 Å². The summed E-state index contributed by atoms with van der Waals surface area (Å²) in [5, 5.41) is 0. The molecule has 1 aromatic carbocycles. The minimum Gasteiger partial charge on any atom is -0.300 e. The summed E-state index contributed by atoms with van der Waals surface area (Å²) in [6, 6.07) is 5.90. The number of carbonyl (C=O) groups is 2. The molecular weight excluding hydrogens is 280 g/mol. The molecule has 17 heavy (non-hydrogen) atoms. The number of halogens is 1. The van der Waals surface area contributed by atoms with E-state index in [1.807, 2.05) is 18.2 Å². The summed E-state index contributed by atoms with van der Waals surface area (Å²) in [5.41, 5.74) is 1.96. The molecule has 0 aliphatic heterocycles. The smallest absolute Gasteiger partial charge is 0.166 e. The van der Waals surface area contributed by atoms with Gasteiger partial charge in [0.2, 0.25) is 0 Å². The highest BCUT2D eigenvalue weighted by molar-refractivity contribution is 9.10. The molecule has 1 fully saturated rings. The van der Waals surface area contributed by atoms with Crippen molar-refractivity contribution in [3.05, 3.63) is 33.8 Å². The third-order valence-corrected chi connectivity index (χ3v) is 4.44. The largest absolute Gasteiger partial charge is 0.300 e. The first-order chi connectivity index (χ1) is 8.15. The molecular formula is C14H13BrO2. The van der Waals surface area contributed by atoms with Gasteiger partial charge in [0.15, 0.2) is 5.78 Å². The number of rotatable bonds is 0. The summed E-state index contributed by atoms with van der Waals surface area (Å²) in [6.45, 7) is 0. The van der Waals surface area contributed by atoms with E-state index in [1.165, 1.54) is 0 Å². The van der Waals surface area contributed by atoms with Gasteiger partial charge >= 0.3 is 0 Å². The first-order valence-electron chi connectivity index (χ1n) is 5.99. The highest BCUT2D eigenvalue weighted by atomic mass is 79.9. The van der Waals surface area contributed by atoms with Crippen LogP contribution in [0.1, 0.15) is 35.2 Å². The molecule has 3 rings (SSSR count). The number of fused-ring (bicyclic) bond motifs is 2. The molecule has 2 atom stereocenters. The van der Waals surface area contributed by atoms with Crippen LogP contribution in [0.25, 0.3) is 0 Å². The summed E-state index contributed by atoms with van der Waals surface area (Å²) >= 11 is 3.41. The van der Waals surface area contributed by atoms with Crippen molar-refractivity contribution in [3.8, 4) is 0 Å². The van der Waals surface area contributed by atoms with Crippen LogP contribution in [0.3, 0.4) is 0 Å². The summed E-state index contributed by atoms with van der Waals surface area (Å²) in [6.07, 6.45) is 2.79. The van der Waals surface area contributed by atoms with Crippen molar-refractivity contribution < 1.29 is 9.59 Å². The third kappa shape index (κ3) is 1.86. The summed E-state index contributed by atoms with van der Waals surface area (Å²) < 4.78 is 0.954. The Morgan fingerprint density at radius 2 is 2.00 bits per heavy atom. The lowest BCUT2D eigenvalue weighted by atomic mass is 9.68. The molecule has 0 bridgehead atoms. The SMILES string of the molecule is O=C1CCC2C(=O)c3cc(Br)ccc3CC2C1. The molecule has 0 spiro atoms. The van der Waals surface area contributed by atoms with E-state index in [-0.39, 0.29) is 17.6 Å². The first-order valence-corrected chi connectivity index (χ1v) is 6.79. The molecule has 1 saturated carbocycles. The van der Waals surface area contributed by atoms with Gasteiger partial charge in [-0.3, -0.25) is 9.59 Å². The van der Waals surface area contributed by atoms with Crippen LogP contribution < -0.4 is 0 Å². The fourth-order valence-electron chi connectivity index (χ4n) is 3.09. The number of carbonyl (C=O) groups excluding carboxylic acids is 2. The van der Waals surface area contributed by atoms with Crippen LogP contribution in [0.2, 0.25) is 0 Å². The Balaban J connectivity index is 2.02. The average molecular weight is 293 g/mol. The van der Waals surface area contributed by atoms with Crippen LogP contribution in [0.5, 0.6) is 0 Å². The topological polar surface area (TPSA) is 34.1 Å². The Labute approximate surface area is 109 Å². The fraction of sp³-hybridized carbons (Fsp3) is 0.429. The van der Waals surface area contributed by atoms with Crippen molar-refractivity contribution in [2.24, 2.45) is 11.8 Å². The van der Waals surface area contributed by atoms with Crippen molar-refractivity contribution in [2.45, 2.75) is 25.7 Å². The van der Waals surface area contributed by atoms with Crippen molar-refractivity contribution in [3.63, 3.8) is 0 Å². The molecule has 2 unspecified atom stereocenters. The first kappa shape index (κ1) is 11.1. The van der Waals surface area contributed by atoms with Gasteiger partial charge in [-0.1, -0.05) is 22.0 Å². The Hall–Kier alpha value is -0.960. The average Bonchev–Trinajstić information content (AvgIpc) is 2.30. The Bertz CT molecular complexity index is 507. The van der Waals surface area contributed by atoms with Crippen LogP contribution in [0, 0.1) is 11.8 Å². The van der Waals surface area contributed by atoms with E-state index < -0.39 is 0 Å². The second-order valence-electron chi connectivity index (χ2n) is 5.02. The van der Waals surface area contributed by atoms with Crippen molar-refractivity contribution in [2.75, 3.05) is 0 Å². The number of Topliss-reactive ketones (excluding diaryl/α,β-unsaturated/α-hetero) is 2. The van der Waals surface area contributed by atoms with Gasteiger partial charge in [0.25, 0.3) is 0 Å². The highest BCUT2D eigenvalue weighted by Crippen LogP contribution is 2.39. The van der Waals surface area contributed by atoms with Crippen LogP contribution in [-0.4, -0.2) is 11.6 Å². The lowest BCUT2D eigenvalue weighted by molar-refractivity contribution is -0.122. The standard InChI is InChI=1S/C14H13BrO2/c15-10-2-1-8-5-9-6-11(16)3-4-12(9)14(17)13(8)7-10/h1-2,7,9,12H,3-6H2. The van der Waals surface area contributed by atoms with Gasteiger partial charge in [-0.15, -0.1) is 0 Å². The van der Waals surface area contributed by atoms with Crippen molar-refractivity contribution in [1.29, 1.82) is 0 Å². The monoisotopic (exact) mass is 292 g/mol. The minimum absolute atomic E-state index is 0.0782. The van der Waals surface area contributed by atoms with E-state index in [0.717, 1.165) is 28.4 Å². The molecule has 0 amide bonds. The molecule has 0 N–H and O–H groups in total. The van der Waals surface area contributed by atoms with Gasteiger partial charge in [0.1, 0.15) is 5.78 Å². The zero-order valence-electron chi connectivity index (χ0n) is 9.41. The van der Waals surface area contributed by atoms with Crippen LogP contribution >= 0.6 is 15.9 Å². The van der Waals surface area contributed by atoms with Gasteiger partial charge in [0, 0.05) is 28.8 Å². The van der Waals surface area contributed by atoms with Crippen LogP contribution in [-0.2, 0) is 11.2 Å². The Kier molecular flexibility index (Phi) is 2.66. The molecule has 3 heteroatoms. The quantitative estimate of drug-likeness (QED) is 0.736. The second kappa shape index (κ2) is 4.05. The summed E-state index contributed by atoms with van der Waals surface area (Å²) in [7, 11) is 0. The van der Waals surface area contributed by atoms with E-state index in [0.29, 0.717) is 18.6 Å². The summed E-state index contributed by atoms with van der Waals surface area (Å²) in [4.78, 5) is 23.8. The van der Waals surface area contributed by atoms with Gasteiger partial charge in [-0.2, -0.15) is 0 Å². The Morgan fingerprint density at radius 3 is 2.82 bits per heavy atom. The van der Waals surface area contributed by atoms with Gasteiger partial charge in [-0.25, -0.2) is 0 Å².